The molecule has 1 aromatic rings. The Morgan fingerprint density at radius 2 is 1.84 bits per heavy atom. The molecule has 0 bridgehead atoms. The lowest BCUT2D eigenvalue weighted by Crippen LogP contribution is -2.00. The third-order valence-corrected chi connectivity index (χ3v) is 3.87. The Labute approximate surface area is 115 Å². The summed E-state index contributed by atoms with van der Waals surface area (Å²) >= 11 is 0. The number of benzene rings is 1. The molecule has 0 fully saturated rings. The van der Waals surface area contributed by atoms with Gasteiger partial charge in [0.05, 0.1) is 19.8 Å². The van der Waals surface area contributed by atoms with Crippen LogP contribution in [0.25, 0.3) is 6.08 Å². The van der Waals surface area contributed by atoms with Crippen molar-refractivity contribution in [2.24, 2.45) is 0 Å². The molecule has 0 amide bonds. The van der Waals surface area contributed by atoms with Crippen LogP contribution in [0, 0.1) is 6.92 Å². The predicted octanol–water partition coefficient (Wildman–Crippen LogP) is 4.21. The quantitative estimate of drug-likeness (QED) is 0.671. The first-order valence-electron chi connectivity index (χ1n) is 6.36. The van der Waals surface area contributed by atoms with Gasteiger partial charge >= 0.3 is 7.82 Å². The monoisotopic (exact) mass is 284 g/mol. The maximum absolute atomic E-state index is 12.0. The summed E-state index contributed by atoms with van der Waals surface area (Å²) in [5, 5.41) is 0. The molecule has 0 heterocycles. The van der Waals surface area contributed by atoms with Gasteiger partial charge in [0, 0.05) is 0 Å². The van der Waals surface area contributed by atoms with Gasteiger partial charge in [0.15, 0.2) is 0 Å². The number of phosphoric ester groups is 1. The molecule has 0 aliphatic carbocycles. The van der Waals surface area contributed by atoms with E-state index in [-0.39, 0.29) is 6.61 Å². The fourth-order valence-electron chi connectivity index (χ4n) is 1.52. The van der Waals surface area contributed by atoms with Crippen LogP contribution in [0.15, 0.2) is 30.3 Å². The molecular weight excluding hydrogens is 263 g/mol. The Balaban J connectivity index is 2.50. The zero-order valence-electron chi connectivity index (χ0n) is 11.7. The van der Waals surface area contributed by atoms with Crippen LogP contribution < -0.4 is 0 Å². The van der Waals surface area contributed by atoms with Crippen molar-refractivity contribution < 1.29 is 18.1 Å². The van der Waals surface area contributed by atoms with Crippen LogP contribution >= 0.6 is 7.82 Å². The van der Waals surface area contributed by atoms with Gasteiger partial charge in [-0.2, -0.15) is 0 Å². The van der Waals surface area contributed by atoms with E-state index in [1.54, 1.807) is 19.9 Å². The minimum absolute atomic E-state index is 0.186. The fraction of sp³-hybridized carbons (Fsp3) is 0.429. The van der Waals surface area contributed by atoms with E-state index in [2.05, 4.69) is 6.07 Å². The summed E-state index contributed by atoms with van der Waals surface area (Å²) in [5.74, 6) is 0. The van der Waals surface area contributed by atoms with Gasteiger partial charge in [-0.1, -0.05) is 42.0 Å². The van der Waals surface area contributed by atoms with Crippen LogP contribution in [0.4, 0.5) is 0 Å². The summed E-state index contributed by atoms with van der Waals surface area (Å²) in [4.78, 5) is 0. The molecule has 1 rings (SSSR count). The minimum atomic E-state index is -3.40. The van der Waals surface area contributed by atoms with Crippen molar-refractivity contribution >= 4 is 13.9 Å². The number of hydrogen-bond acceptors (Lipinski definition) is 4. The van der Waals surface area contributed by atoms with Crippen LogP contribution in [0.1, 0.15) is 25.0 Å². The van der Waals surface area contributed by atoms with Crippen molar-refractivity contribution in [2.75, 3.05) is 19.8 Å². The summed E-state index contributed by atoms with van der Waals surface area (Å²) in [6, 6.07) is 8.07. The maximum atomic E-state index is 12.0. The first kappa shape index (κ1) is 16.1. The molecule has 106 valence electrons. The number of phosphoric acid groups is 1. The van der Waals surface area contributed by atoms with Crippen molar-refractivity contribution in [1.29, 1.82) is 0 Å². The van der Waals surface area contributed by atoms with Crippen molar-refractivity contribution in [3.05, 3.63) is 41.5 Å². The number of aryl methyl sites for hydroxylation is 1. The van der Waals surface area contributed by atoms with Crippen molar-refractivity contribution in [2.45, 2.75) is 20.8 Å². The van der Waals surface area contributed by atoms with E-state index < -0.39 is 7.82 Å². The molecule has 19 heavy (non-hydrogen) atoms. The van der Waals surface area contributed by atoms with E-state index in [9.17, 15) is 4.57 Å². The Morgan fingerprint density at radius 1 is 1.16 bits per heavy atom. The van der Waals surface area contributed by atoms with Crippen molar-refractivity contribution in [1.82, 2.24) is 0 Å². The molecule has 5 heteroatoms. The highest BCUT2D eigenvalue weighted by atomic mass is 31.2. The third-order valence-electron chi connectivity index (χ3n) is 2.26. The van der Waals surface area contributed by atoms with Crippen molar-refractivity contribution in [3.8, 4) is 0 Å². The van der Waals surface area contributed by atoms with Gasteiger partial charge in [-0.3, -0.25) is 13.6 Å². The van der Waals surface area contributed by atoms with Crippen LogP contribution in [-0.4, -0.2) is 19.8 Å². The van der Waals surface area contributed by atoms with Crippen LogP contribution in [0.3, 0.4) is 0 Å². The molecule has 0 aromatic heterocycles. The Morgan fingerprint density at radius 3 is 2.42 bits per heavy atom. The molecule has 4 nitrogen and oxygen atoms in total. The molecule has 0 atom stereocenters. The molecule has 0 saturated carbocycles. The van der Waals surface area contributed by atoms with E-state index in [0.717, 1.165) is 5.56 Å². The predicted molar refractivity (Wildman–Crippen MR) is 77.0 cm³/mol. The van der Waals surface area contributed by atoms with Gasteiger partial charge in [-0.15, -0.1) is 0 Å². The molecule has 0 aliphatic heterocycles. The topological polar surface area (TPSA) is 44.8 Å². The highest BCUT2D eigenvalue weighted by Gasteiger charge is 2.24. The van der Waals surface area contributed by atoms with E-state index in [1.165, 1.54) is 5.56 Å². The van der Waals surface area contributed by atoms with Gasteiger partial charge in [0.1, 0.15) is 0 Å². The van der Waals surface area contributed by atoms with Crippen molar-refractivity contribution in [3.63, 3.8) is 0 Å². The standard InChI is InChI=1S/C14H21O4P/c1-4-16-19(15,17-5-2)18-11-7-10-14-9-6-8-13(3)12-14/h6-10,12H,4-5,11H2,1-3H3/b10-7+. The maximum Gasteiger partial charge on any atom is 0.475 e. The second-order valence-corrected chi connectivity index (χ2v) is 5.56. The number of hydrogen-bond donors (Lipinski definition) is 0. The summed E-state index contributed by atoms with van der Waals surface area (Å²) in [5.41, 5.74) is 2.27. The largest absolute Gasteiger partial charge is 0.475 e. The van der Waals surface area contributed by atoms with Crippen LogP contribution in [-0.2, 0) is 18.1 Å². The summed E-state index contributed by atoms with van der Waals surface area (Å²) < 4.78 is 27.2. The SMILES string of the molecule is CCOP(=O)(OCC)OC/C=C/c1cccc(C)c1. The average molecular weight is 284 g/mol. The second-order valence-electron chi connectivity index (χ2n) is 3.90. The number of rotatable bonds is 8. The Kier molecular flexibility index (Phi) is 7.03. The second kappa shape index (κ2) is 8.28. The van der Waals surface area contributed by atoms with E-state index in [4.69, 9.17) is 13.6 Å². The fourth-order valence-corrected chi connectivity index (χ4v) is 2.65. The third kappa shape index (κ3) is 6.17. The smallest absolute Gasteiger partial charge is 0.287 e. The van der Waals surface area contributed by atoms with Gasteiger partial charge in [-0.05, 0) is 26.3 Å². The van der Waals surface area contributed by atoms with Gasteiger partial charge < -0.3 is 0 Å². The van der Waals surface area contributed by atoms with Crippen LogP contribution in [0.2, 0.25) is 0 Å². The molecule has 0 aliphatic rings. The first-order valence-corrected chi connectivity index (χ1v) is 7.82. The minimum Gasteiger partial charge on any atom is -0.287 e. The van der Waals surface area contributed by atoms with Gasteiger partial charge in [0.25, 0.3) is 0 Å². The zero-order valence-corrected chi connectivity index (χ0v) is 12.6. The highest BCUT2D eigenvalue weighted by Crippen LogP contribution is 2.49. The molecule has 0 radical (unpaired) electrons. The lowest BCUT2D eigenvalue weighted by molar-refractivity contribution is 0.131. The highest BCUT2D eigenvalue weighted by molar-refractivity contribution is 7.48. The Bertz CT molecular complexity index is 447. The zero-order chi connectivity index (χ0) is 14.1. The van der Waals surface area contributed by atoms with E-state index in [0.29, 0.717) is 13.2 Å². The normalized spacial score (nSPS) is 12.2. The molecular formula is C14H21O4P. The van der Waals surface area contributed by atoms with Gasteiger partial charge in [-0.25, -0.2) is 4.57 Å². The molecule has 1 aromatic carbocycles. The molecule has 0 saturated heterocycles. The lowest BCUT2D eigenvalue weighted by atomic mass is 10.1. The van der Waals surface area contributed by atoms with Gasteiger partial charge in [0.2, 0.25) is 0 Å². The molecule has 0 unspecified atom stereocenters. The average Bonchev–Trinajstić information content (AvgIpc) is 2.35. The van der Waals surface area contributed by atoms with E-state index in [1.807, 2.05) is 31.2 Å². The lowest BCUT2D eigenvalue weighted by Gasteiger charge is -2.15. The molecule has 0 spiro atoms. The summed E-state index contributed by atoms with van der Waals surface area (Å²) in [6.07, 6.45) is 3.70. The first-order chi connectivity index (χ1) is 9.09. The summed E-state index contributed by atoms with van der Waals surface area (Å²) in [7, 11) is -3.40. The summed E-state index contributed by atoms with van der Waals surface area (Å²) in [6.45, 7) is 6.30. The van der Waals surface area contributed by atoms with E-state index >= 15 is 0 Å². The Hall–Kier alpha value is -0.930. The van der Waals surface area contributed by atoms with Crippen LogP contribution in [0.5, 0.6) is 0 Å². The molecule has 0 N–H and O–H groups in total.